The molecule has 0 amide bonds. The number of aromatic nitrogens is 2. The maximum atomic E-state index is 11.5. The number of piperidine rings is 1. The van der Waals surface area contributed by atoms with E-state index >= 15 is 0 Å². The second kappa shape index (κ2) is 9.66. The minimum Gasteiger partial charge on any atom is -0.492 e. The van der Waals surface area contributed by atoms with Crippen LogP contribution in [0.15, 0.2) is 41.1 Å². The second-order valence-electron chi connectivity index (χ2n) is 6.36. The van der Waals surface area contributed by atoms with E-state index < -0.39 is 0 Å². The Balaban J connectivity index is 1.39. The molecule has 1 aromatic heterocycles. The van der Waals surface area contributed by atoms with Crippen LogP contribution in [0.4, 0.5) is 11.6 Å². The Morgan fingerprint density at radius 1 is 1.22 bits per heavy atom. The lowest BCUT2D eigenvalue weighted by Crippen LogP contribution is -2.38. The summed E-state index contributed by atoms with van der Waals surface area (Å²) >= 11 is 3.31. The lowest BCUT2D eigenvalue weighted by atomic mass is 9.97. The summed E-state index contributed by atoms with van der Waals surface area (Å²) in [7, 11) is 1.45. The number of esters is 1. The normalized spacial score (nSPS) is 15.3. The minimum atomic E-state index is -0.0897. The number of ether oxygens (including phenoxy) is 2. The number of carbonyl (C=O) groups excluding carboxylic acids is 1. The molecule has 0 bridgehead atoms. The number of nitrogens with zero attached hydrogens (tertiary/aromatic N) is 3. The van der Waals surface area contributed by atoms with Gasteiger partial charge in [0, 0.05) is 24.6 Å². The van der Waals surface area contributed by atoms with E-state index in [1.54, 1.807) is 12.4 Å². The van der Waals surface area contributed by atoms with Gasteiger partial charge in [-0.2, -0.15) is 0 Å². The fourth-order valence-corrected chi connectivity index (χ4v) is 3.20. The summed E-state index contributed by atoms with van der Waals surface area (Å²) < 4.78 is 11.5. The number of methoxy groups -OCH3 is 1. The number of halogens is 1. The monoisotopic (exact) mass is 434 g/mol. The molecular weight excluding hydrogens is 412 g/mol. The van der Waals surface area contributed by atoms with Crippen molar-refractivity contribution in [2.24, 2.45) is 5.92 Å². The predicted molar refractivity (Wildman–Crippen MR) is 106 cm³/mol. The molecular formula is C19H23BrN4O3. The van der Waals surface area contributed by atoms with E-state index in [-0.39, 0.29) is 11.9 Å². The van der Waals surface area contributed by atoms with Crippen molar-refractivity contribution in [3.05, 3.63) is 41.1 Å². The number of nitrogens with one attached hydrogen (secondary N) is 1. The van der Waals surface area contributed by atoms with Crippen molar-refractivity contribution in [2.45, 2.75) is 12.8 Å². The Morgan fingerprint density at radius 3 is 2.52 bits per heavy atom. The molecule has 2 heterocycles. The van der Waals surface area contributed by atoms with Crippen molar-refractivity contribution in [3.8, 4) is 5.75 Å². The van der Waals surface area contributed by atoms with Crippen molar-refractivity contribution in [1.82, 2.24) is 14.9 Å². The van der Waals surface area contributed by atoms with Crippen LogP contribution in [0.5, 0.6) is 5.75 Å². The van der Waals surface area contributed by atoms with Gasteiger partial charge in [-0.15, -0.1) is 0 Å². The maximum absolute atomic E-state index is 11.5. The SMILES string of the molecule is COC(=O)C1CCN(CCOc2ccc(Nc3ncc(Br)cn3)cc2)CC1. The van der Waals surface area contributed by atoms with E-state index in [1.165, 1.54) is 7.11 Å². The number of rotatable bonds is 7. The quantitative estimate of drug-likeness (QED) is 0.670. The van der Waals surface area contributed by atoms with Crippen LogP contribution in [0.3, 0.4) is 0 Å². The van der Waals surface area contributed by atoms with Crippen LogP contribution in [0.25, 0.3) is 0 Å². The van der Waals surface area contributed by atoms with Crippen LogP contribution >= 0.6 is 15.9 Å². The standard InChI is InChI=1S/C19H23BrN4O3/c1-26-18(25)14-6-8-24(9-7-14)10-11-27-17-4-2-16(3-5-17)23-19-21-12-15(20)13-22-19/h2-5,12-14H,6-11H2,1H3,(H,21,22,23). The first-order chi connectivity index (χ1) is 13.1. The molecule has 144 valence electrons. The molecule has 0 radical (unpaired) electrons. The van der Waals surface area contributed by atoms with Crippen LogP contribution < -0.4 is 10.1 Å². The maximum Gasteiger partial charge on any atom is 0.308 e. The third kappa shape index (κ3) is 5.90. The first-order valence-electron chi connectivity index (χ1n) is 8.91. The molecule has 3 rings (SSSR count). The van der Waals surface area contributed by atoms with Crippen LogP contribution in [0, 0.1) is 5.92 Å². The van der Waals surface area contributed by atoms with Gasteiger partial charge in [0.25, 0.3) is 0 Å². The highest BCUT2D eigenvalue weighted by Crippen LogP contribution is 2.20. The van der Waals surface area contributed by atoms with Gasteiger partial charge >= 0.3 is 5.97 Å². The zero-order valence-corrected chi connectivity index (χ0v) is 16.8. The summed E-state index contributed by atoms with van der Waals surface area (Å²) in [5, 5.41) is 3.14. The molecule has 1 N–H and O–H groups in total. The molecule has 0 unspecified atom stereocenters. The highest BCUT2D eigenvalue weighted by atomic mass is 79.9. The predicted octanol–water partition coefficient (Wildman–Crippen LogP) is 3.25. The van der Waals surface area contributed by atoms with E-state index in [9.17, 15) is 4.79 Å². The zero-order valence-electron chi connectivity index (χ0n) is 15.2. The summed E-state index contributed by atoms with van der Waals surface area (Å²) in [4.78, 5) is 22.2. The third-order valence-electron chi connectivity index (χ3n) is 4.53. The van der Waals surface area contributed by atoms with Crippen molar-refractivity contribution >= 4 is 33.5 Å². The second-order valence-corrected chi connectivity index (χ2v) is 7.28. The van der Waals surface area contributed by atoms with Crippen molar-refractivity contribution in [2.75, 3.05) is 38.7 Å². The number of benzene rings is 1. The number of likely N-dealkylation sites (tertiary alicyclic amines) is 1. The molecule has 1 fully saturated rings. The van der Waals surface area contributed by atoms with Gasteiger partial charge in [0.15, 0.2) is 0 Å². The third-order valence-corrected chi connectivity index (χ3v) is 4.94. The van der Waals surface area contributed by atoms with Gasteiger partial charge in [0.1, 0.15) is 12.4 Å². The topological polar surface area (TPSA) is 76.6 Å². The molecule has 8 heteroatoms. The lowest BCUT2D eigenvalue weighted by molar-refractivity contribution is -0.147. The van der Waals surface area contributed by atoms with Gasteiger partial charge in [0.2, 0.25) is 5.95 Å². The molecule has 0 aliphatic carbocycles. The zero-order chi connectivity index (χ0) is 19.1. The van der Waals surface area contributed by atoms with Gasteiger partial charge in [-0.25, -0.2) is 9.97 Å². The van der Waals surface area contributed by atoms with Crippen molar-refractivity contribution in [3.63, 3.8) is 0 Å². The first kappa shape index (κ1) is 19.6. The number of hydrogen-bond donors (Lipinski definition) is 1. The average molecular weight is 435 g/mol. The molecule has 1 aromatic carbocycles. The average Bonchev–Trinajstić information content (AvgIpc) is 2.71. The Kier molecular flexibility index (Phi) is 7.00. The van der Waals surface area contributed by atoms with Gasteiger partial charge in [-0.05, 0) is 66.1 Å². The molecule has 27 heavy (non-hydrogen) atoms. The van der Waals surface area contributed by atoms with Crippen LogP contribution in [-0.2, 0) is 9.53 Å². The Morgan fingerprint density at radius 2 is 1.89 bits per heavy atom. The van der Waals surface area contributed by atoms with Crippen LogP contribution in [0.2, 0.25) is 0 Å². The molecule has 0 spiro atoms. The summed E-state index contributed by atoms with van der Waals surface area (Å²) in [5.41, 5.74) is 0.898. The fourth-order valence-electron chi connectivity index (χ4n) is 2.99. The summed E-state index contributed by atoms with van der Waals surface area (Å²) in [6.45, 7) is 3.27. The largest absolute Gasteiger partial charge is 0.492 e. The van der Waals surface area contributed by atoms with E-state index in [0.717, 1.165) is 48.4 Å². The lowest BCUT2D eigenvalue weighted by Gasteiger charge is -2.30. The molecule has 1 aliphatic rings. The number of hydrogen-bond acceptors (Lipinski definition) is 7. The van der Waals surface area contributed by atoms with Gasteiger partial charge in [-0.3, -0.25) is 9.69 Å². The van der Waals surface area contributed by atoms with Gasteiger partial charge < -0.3 is 14.8 Å². The van der Waals surface area contributed by atoms with Crippen molar-refractivity contribution in [1.29, 1.82) is 0 Å². The molecule has 7 nitrogen and oxygen atoms in total. The fraction of sp³-hybridized carbons (Fsp3) is 0.421. The summed E-state index contributed by atoms with van der Waals surface area (Å²) in [6.07, 6.45) is 5.10. The molecule has 2 aromatic rings. The van der Waals surface area contributed by atoms with Gasteiger partial charge in [0.05, 0.1) is 17.5 Å². The molecule has 1 aliphatic heterocycles. The van der Waals surface area contributed by atoms with Crippen LogP contribution in [-0.4, -0.2) is 54.2 Å². The van der Waals surface area contributed by atoms with E-state index in [1.807, 2.05) is 24.3 Å². The number of carbonyl (C=O) groups is 1. The van der Waals surface area contributed by atoms with Gasteiger partial charge in [-0.1, -0.05) is 0 Å². The Labute approximate surface area is 167 Å². The highest BCUT2D eigenvalue weighted by Gasteiger charge is 2.25. The Hall–Kier alpha value is -2.19. The van der Waals surface area contributed by atoms with E-state index in [0.29, 0.717) is 12.6 Å². The van der Waals surface area contributed by atoms with Crippen molar-refractivity contribution < 1.29 is 14.3 Å². The molecule has 0 saturated carbocycles. The minimum absolute atomic E-state index is 0.0434. The smallest absolute Gasteiger partial charge is 0.308 e. The molecule has 1 saturated heterocycles. The number of anilines is 2. The van der Waals surface area contributed by atoms with E-state index in [2.05, 4.69) is 36.1 Å². The molecule has 0 atom stereocenters. The highest BCUT2D eigenvalue weighted by molar-refractivity contribution is 9.10. The summed E-state index contributed by atoms with van der Waals surface area (Å²) in [6, 6.07) is 7.71. The Bertz CT molecular complexity index is 732. The summed E-state index contributed by atoms with van der Waals surface area (Å²) in [5.74, 6) is 1.32. The first-order valence-corrected chi connectivity index (χ1v) is 9.71. The van der Waals surface area contributed by atoms with Crippen LogP contribution in [0.1, 0.15) is 12.8 Å². The van der Waals surface area contributed by atoms with E-state index in [4.69, 9.17) is 9.47 Å².